The Kier molecular flexibility index (Phi) is 9.89. The predicted molar refractivity (Wildman–Crippen MR) is 141 cm³/mol. The number of hydrogen-bond donors (Lipinski definition) is 2. The van der Waals surface area contributed by atoms with Crippen molar-refractivity contribution in [3.05, 3.63) is 83.5 Å². The van der Waals surface area contributed by atoms with Crippen LogP contribution >= 0.6 is 0 Å². The summed E-state index contributed by atoms with van der Waals surface area (Å²) >= 11 is 0. The van der Waals surface area contributed by atoms with E-state index in [9.17, 15) is 9.59 Å². The second-order valence-corrected chi connectivity index (χ2v) is 7.60. The van der Waals surface area contributed by atoms with Crippen molar-refractivity contribution in [2.45, 2.75) is 33.7 Å². The highest BCUT2D eigenvalue weighted by atomic mass is 16.5. The number of carbonyl (C=O) groups excluding carboxylic acids is 2. The molecule has 1 aromatic carbocycles. The Morgan fingerprint density at radius 3 is 2.65 bits per heavy atom. The van der Waals surface area contributed by atoms with Crippen molar-refractivity contribution in [3.8, 4) is 0 Å². The molecule has 0 aliphatic rings. The number of nitrogens with one attached hydrogen (secondary N) is 2. The van der Waals surface area contributed by atoms with Gasteiger partial charge in [-0.25, -0.2) is 9.78 Å². The van der Waals surface area contributed by atoms with Crippen LogP contribution in [0.4, 0.5) is 5.69 Å². The van der Waals surface area contributed by atoms with Crippen molar-refractivity contribution in [1.29, 1.82) is 0 Å². The number of aliphatic imine (C=N–C) groups is 2. The molecular formula is C26H35N5O3. The van der Waals surface area contributed by atoms with E-state index in [2.05, 4.69) is 36.9 Å². The molecular weight excluding hydrogens is 430 g/mol. The summed E-state index contributed by atoms with van der Waals surface area (Å²) in [6, 6.07) is 10.5. The minimum Gasteiger partial charge on any atom is -0.464 e. The first-order valence-corrected chi connectivity index (χ1v) is 10.9. The summed E-state index contributed by atoms with van der Waals surface area (Å²) < 4.78 is 4.62. The van der Waals surface area contributed by atoms with Crippen LogP contribution in [0.2, 0.25) is 0 Å². The smallest absolute Gasteiger partial charge is 0.356 e. The Bertz CT molecular complexity index is 1130. The van der Waals surface area contributed by atoms with Gasteiger partial charge in [0.1, 0.15) is 5.69 Å². The molecule has 0 radical (unpaired) electrons. The molecule has 1 heterocycles. The van der Waals surface area contributed by atoms with Gasteiger partial charge in [0.15, 0.2) is 0 Å². The van der Waals surface area contributed by atoms with Crippen LogP contribution in [0.15, 0.2) is 76.6 Å². The third-order valence-electron chi connectivity index (χ3n) is 4.74. The average molecular weight is 466 g/mol. The zero-order valence-electron chi connectivity index (χ0n) is 20.3. The zero-order valence-corrected chi connectivity index (χ0v) is 20.3. The summed E-state index contributed by atoms with van der Waals surface area (Å²) in [5.41, 5.74) is 4.56. The van der Waals surface area contributed by atoms with E-state index in [-0.39, 0.29) is 20.5 Å². The quantitative estimate of drug-likeness (QED) is 0.369. The zero-order chi connectivity index (χ0) is 25.1. The lowest BCUT2D eigenvalue weighted by Crippen LogP contribution is -2.17. The van der Waals surface area contributed by atoms with Gasteiger partial charge in [0, 0.05) is 45.4 Å². The lowest BCUT2D eigenvalue weighted by molar-refractivity contribution is 0.0593. The van der Waals surface area contributed by atoms with Gasteiger partial charge in [-0.2, -0.15) is 0 Å². The largest absolute Gasteiger partial charge is 0.464 e. The maximum absolute atomic E-state index is 12.6. The first-order chi connectivity index (χ1) is 16.2. The van der Waals surface area contributed by atoms with Crippen LogP contribution in [-0.4, -0.2) is 42.4 Å². The van der Waals surface area contributed by atoms with E-state index in [1.165, 1.54) is 25.4 Å². The van der Waals surface area contributed by atoms with Crippen molar-refractivity contribution in [3.63, 3.8) is 0 Å². The van der Waals surface area contributed by atoms with E-state index in [1.807, 2.05) is 52.0 Å². The third kappa shape index (κ3) is 7.81. The number of benzene rings is 1. The number of pyridine rings is 1. The molecule has 0 aliphatic carbocycles. The van der Waals surface area contributed by atoms with Gasteiger partial charge in [0.05, 0.1) is 18.4 Å². The van der Waals surface area contributed by atoms with Crippen LogP contribution in [0.1, 0.15) is 63.0 Å². The van der Waals surface area contributed by atoms with E-state index in [1.54, 1.807) is 12.4 Å². The standard InChI is InChI=1S/C26H31N5O3.2H2/c1-7-27-16-24(17(2)3)28-14-18(4)30-19(5)20-9-8-10-22(13-20)31-25(32)21-11-12-23(29-15-21)26(33)34-6;;/h8-16,19,30H,2,7H2,1,3-6H3,(H,31,32);2*1H/b18-14+,27-16?,28-24?;;/t19-;;/m0../s1. The summed E-state index contributed by atoms with van der Waals surface area (Å²) in [6.07, 6.45) is 4.81. The molecule has 1 aromatic heterocycles. The highest BCUT2D eigenvalue weighted by Crippen LogP contribution is 2.19. The minimum atomic E-state index is -0.555. The van der Waals surface area contributed by atoms with Gasteiger partial charge in [-0.1, -0.05) is 18.7 Å². The number of amides is 1. The molecule has 1 atom stereocenters. The molecule has 34 heavy (non-hydrogen) atoms. The molecule has 0 bridgehead atoms. The lowest BCUT2D eigenvalue weighted by atomic mass is 10.1. The fourth-order valence-electron chi connectivity index (χ4n) is 2.90. The van der Waals surface area contributed by atoms with E-state index in [0.717, 1.165) is 22.5 Å². The number of rotatable bonds is 10. The summed E-state index contributed by atoms with van der Waals surface area (Å²) in [7, 11) is 1.28. The van der Waals surface area contributed by atoms with E-state index in [4.69, 9.17) is 0 Å². The molecule has 2 N–H and O–H groups in total. The van der Waals surface area contributed by atoms with Gasteiger partial charge in [0.2, 0.25) is 0 Å². The highest BCUT2D eigenvalue weighted by molar-refractivity contribution is 6.37. The second-order valence-electron chi connectivity index (χ2n) is 7.60. The Morgan fingerprint density at radius 2 is 2.03 bits per heavy atom. The summed E-state index contributed by atoms with van der Waals surface area (Å²) in [5.74, 6) is -0.880. The first kappa shape index (κ1) is 26.2. The number of allylic oxidation sites excluding steroid dienone is 2. The monoisotopic (exact) mass is 465 g/mol. The van der Waals surface area contributed by atoms with Gasteiger partial charge >= 0.3 is 5.97 Å². The van der Waals surface area contributed by atoms with E-state index < -0.39 is 5.97 Å². The molecule has 0 aliphatic heterocycles. The molecule has 0 saturated carbocycles. The normalized spacial score (nSPS) is 12.9. The average Bonchev–Trinajstić information content (AvgIpc) is 2.83. The van der Waals surface area contributed by atoms with Gasteiger partial charge in [-0.15, -0.1) is 0 Å². The number of nitrogens with zero attached hydrogens (tertiary/aromatic N) is 3. The topological polar surface area (TPSA) is 105 Å². The molecule has 0 fully saturated rings. The Labute approximate surface area is 203 Å². The Morgan fingerprint density at radius 1 is 1.26 bits per heavy atom. The van der Waals surface area contributed by atoms with Crippen LogP contribution < -0.4 is 10.6 Å². The number of hydrogen-bond acceptors (Lipinski definition) is 7. The van der Waals surface area contributed by atoms with Crippen LogP contribution in [0.5, 0.6) is 0 Å². The van der Waals surface area contributed by atoms with Crippen LogP contribution in [0.25, 0.3) is 0 Å². The molecule has 2 aromatic rings. The minimum absolute atomic E-state index is 0. The highest BCUT2D eigenvalue weighted by Gasteiger charge is 2.12. The van der Waals surface area contributed by atoms with E-state index >= 15 is 0 Å². The molecule has 8 heteroatoms. The fraction of sp³-hybridized carbons (Fsp3) is 0.269. The van der Waals surface area contributed by atoms with E-state index in [0.29, 0.717) is 17.8 Å². The van der Waals surface area contributed by atoms with Crippen molar-refractivity contribution in [1.82, 2.24) is 10.3 Å². The molecule has 0 spiro atoms. The van der Waals surface area contributed by atoms with Crippen molar-refractivity contribution >= 4 is 29.5 Å². The number of anilines is 1. The SMILES string of the molecule is C=C(C)C(C=NCC)=N/C=C(\C)N[C@@H](C)c1cccc(NC(=O)c2ccc(C(=O)OC)nc2)c1.[HH].[HH]. The number of methoxy groups -OCH3 is 1. The molecule has 8 nitrogen and oxygen atoms in total. The molecule has 0 saturated heterocycles. The molecule has 1 amide bonds. The number of carbonyl (C=O) groups is 2. The van der Waals surface area contributed by atoms with Crippen LogP contribution in [0, 0.1) is 0 Å². The Hall–Kier alpha value is -4.07. The van der Waals surface area contributed by atoms with Crippen molar-refractivity contribution in [2.75, 3.05) is 19.0 Å². The second kappa shape index (κ2) is 12.8. The van der Waals surface area contributed by atoms with Gasteiger partial charge < -0.3 is 15.4 Å². The molecule has 182 valence electrons. The van der Waals surface area contributed by atoms with Crippen LogP contribution in [0.3, 0.4) is 0 Å². The first-order valence-electron chi connectivity index (χ1n) is 10.9. The van der Waals surface area contributed by atoms with Crippen molar-refractivity contribution < 1.29 is 17.2 Å². The van der Waals surface area contributed by atoms with Gasteiger partial charge in [0.25, 0.3) is 5.91 Å². The maximum atomic E-state index is 12.6. The Balaban J connectivity index is 0.00000612. The summed E-state index contributed by atoms with van der Waals surface area (Å²) in [6.45, 7) is 12.4. The fourth-order valence-corrected chi connectivity index (χ4v) is 2.90. The number of aromatic nitrogens is 1. The van der Waals surface area contributed by atoms with Crippen LogP contribution in [-0.2, 0) is 4.74 Å². The number of ether oxygens (including phenoxy) is 1. The predicted octanol–water partition coefficient (Wildman–Crippen LogP) is 5.23. The molecule has 2 rings (SSSR count). The lowest BCUT2D eigenvalue weighted by Gasteiger charge is -2.17. The maximum Gasteiger partial charge on any atom is 0.356 e. The summed E-state index contributed by atoms with van der Waals surface area (Å²) in [4.78, 5) is 36.7. The van der Waals surface area contributed by atoms with Gasteiger partial charge in [-0.3, -0.25) is 14.8 Å². The number of esters is 1. The van der Waals surface area contributed by atoms with Gasteiger partial charge in [-0.05, 0) is 63.1 Å². The third-order valence-corrected chi connectivity index (χ3v) is 4.74. The molecule has 0 unspecified atom stereocenters. The van der Waals surface area contributed by atoms with Crippen molar-refractivity contribution in [2.24, 2.45) is 9.98 Å². The summed E-state index contributed by atoms with van der Waals surface area (Å²) in [5, 5.41) is 6.25.